The second kappa shape index (κ2) is 1.76. The van der Waals surface area contributed by atoms with Crippen molar-refractivity contribution in [1.82, 2.24) is 5.32 Å². The van der Waals surface area contributed by atoms with E-state index >= 15 is 0 Å². The number of carbonyl (C=O) groups excluding carboxylic acids is 1. The number of allylic oxidation sites excluding steroid dienone is 1. The minimum Gasteiger partial charge on any atom is -0.349 e. The van der Waals surface area contributed by atoms with Gasteiger partial charge in [0, 0.05) is 0 Å². The maximum absolute atomic E-state index is 11.5. The largest absolute Gasteiger partial charge is 0.349 e. The molecule has 0 radical (unpaired) electrons. The first-order valence-corrected chi connectivity index (χ1v) is 4.77. The molecule has 1 N–H and O–H groups in total. The Morgan fingerprint density at radius 3 is 2.83 bits per heavy atom. The molecule has 1 saturated carbocycles. The Hall–Kier alpha value is -0.790. The molecule has 0 bridgehead atoms. The fourth-order valence-electron chi connectivity index (χ4n) is 3.27. The number of rotatable bonds is 0. The molecule has 2 aliphatic carbocycles. The van der Waals surface area contributed by atoms with Gasteiger partial charge in [-0.2, -0.15) is 0 Å². The summed E-state index contributed by atoms with van der Waals surface area (Å²) in [7, 11) is 0. The number of β-lactam (4-membered cyclic amide) rings is 1. The molecular weight excluding hydrogens is 150 g/mol. The molecule has 1 aliphatic heterocycles. The van der Waals surface area contributed by atoms with E-state index in [1.807, 2.05) is 0 Å². The van der Waals surface area contributed by atoms with Crippen LogP contribution in [0.25, 0.3) is 0 Å². The topological polar surface area (TPSA) is 29.1 Å². The van der Waals surface area contributed by atoms with Gasteiger partial charge in [0.05, 0.1) is 11.0 Å². The van der Waals surface area contributed by atoms with Crippen LogP contribution in [-0.4, -0.2) is 11.4 Å². The van der Waals surface area contributed by atoms with E-state index in [9.17, 15) is 4.79 Å². The fourth-order valence-corrected chi connectivity index (χ4v) is 3.27. The van der Waals surface area contributed by atoms with Gasteiger partial charge in [-0.05, 0) is 32.1 Å². The number of hydrogen-bond acceptors (Lipinski definition) is 1. The summed E-state index contributed by atoms with van der Waals surface area (Å²) in [6, 6.07) is 0. The van der Waals surface area contributed by atoms with Crippen molar-refractivity contribution in [2.45, 2.75) is 37.6 Å². The average molecular weight is 163 g/mol. The molecule has 2 nitrogen and oxygen atoms in total. The van der Waals surface area contributed by atoms with Crippen LogP contribution in [0.15, 0.2) is 12.2 Å². The van der Waals surface area contributed by atoms with Gasteiger partial charge >= 0.3 is 0 Å². The highest BCUT2D eigenvalue weighted by atomic mass is 16.2. The molecule has 2 heteroatoms. The van der Waals surface area contributed by atoms with Crippen molar-refractivity contribution in [3.63, 3.8) is 0 Å². The molecular formula is C10H13NO. The van der Waals surface area contributed by atoms with E-state index in [0.29, 0.717) is 5.91 Å². The van der Waals surface area contributed by atoms with Gasteiger partial charge in [-0.1, -0.05) is 12.2 Å². The van der Waals surface area contributed by atoms with Crippen LogP contribution >= 0.6 is 0 Å². The Morgan fingerprint density at radius 2 is 2.08 bits per heavy atom. The summed E-state index contributed by atoms with van der Waals surface area (Å²) in [4.78, 5) is 11.5. The Kier molecular flexibility index (Phi) is 0.980. The van der Waals surface area contributed by atoms with Gasteiger partial charge < -0.3 is 5.32 Å². The van der Waals surface area contributed by atoms with Crippen LogP contribution in [-0.2, 0) is 4.79 Å². The molecule has 12 heavy (non-hydrogen) atoms. The lowest BCUT2D eigenvalue weighted by Crippen LogP contribution is -2.74. The predicted molar refractivity (Wildman–Crippen MR) is 45.5 cm³/mol. The average Bonchev–Trinajstić information content (AvgIpc) is 2.38. The Bertz CT molecular complexity index is 284. The standard InChI is InChI=1S/C10H13NO/c12-8-9-4-1-2-6-10(9,11-8)7-3-5-9/h1-2H,3-7H2,(H,11,12)/t9-,10-/m0/s1. The number of carbonyl (C=O) groups is 1. The summed E-state index contributed by atoms with van der Waals surface area (Å²) in [6.45, 7) is 0. The second-order valence-corrected chi connectivity index (χ2v) is 4.35. The van der Waals surface area contributed by atoms with Crippen LogP contribution in [0.2, 0.25) is 0 Å². The first-order chi connectivity index (χ1) is 5.79. The quantitative estimate of drug-likeness (QED) is 0.424. The van der Waals surface area contributed by atoms with Crippen molar-refractivity contribution < 1.29 is 4.79 Å². The molecule has 0 aromatic carbocycles. The zero-order valence-electron chi connectivity index (χ0n) is 7.10. The van der Waals surface area contributed by atoms with Crippen LogP contribution in [0.5, 0.6) is 0 Å². The van der Waals surface area contributed by atoms with Crippen molar-refractivity contribution >= 4 is 5.91 Å². The molecule has 2 fully saturated rings. The molecule has 3 aliphatic rings. The minimum absolute atomic E-state index is 0.0295. The molecule has 2 atom stereocenters. The van der Waals surface area contributed by atoms with Gasteiger partial charge in [0.2, 0.25) is 5.91 Å². The first kappa shape index (κ1) is 6.70. The summed E-state index contributed by atoms with van der Waals surface area (Å²) >= 11 is 0. The van der Waals surface area contributed by atoms with Crippen LogP contribution in [0.3, 0.4) is 0 Å². The van der Waals surface area contributed by atoms with Crippen molar-refractivity contribution in [1.29, 1.82) is 0 Å². The van der Waals surface area contributed by atoms with Crippen LogP contribution in [0.1, 0.15) is 32.1 Å². The van der Waals surface area contributed by atoms with Crippen molar-refractivity contribution in [3.05, 3.63) is 12.2 Å². The SMILES string of the molecule is O=C1N[C@]23CC=CC[C@]12CCC3. The van der Waals surface area contributed by atoms with Crippen LogP contribution in [0, 0.1) is 5.41 Å². The second-order valence-electron chi connectivity index (χ2n) is 4.35. The van der Waals surface area contributed by atoms with Crippen LogP contribution < -0.4 is 5.32 Å². The Labute approximate surface area is 72.0 Å². The zero-order valence-corrected chi connectivity index (χ0v) is 7.10. The smallest absolute Gasteiger partial charge is 0.229 e. The summed E-state index contributed by atoms with van der Waals surface area (Å²) in [5, 5.41) is 3.12. The molecule has 0 aromatic rings. The zero-order chi connectivity index (χ0) is 8.23. The molecule has 1 heterocycles. The van der Waals surface area contributed by atoms with Crippen LogP contribution in [0.4, 0.5) is 0 Å². The maximum Gasteiger partial charge on any atom is 0.229 e. The fraction of sp³-hybridized carbons (Fsp3) is 0.700. The monoisotopic (exact) mass is 163 g/mol. The predicted octanol–water partition coefficient (Wildman–Crippen LogP) is 1.38. The van der Waals surface area contributed by atoms with Gasteiger partial charge in [-0.25, -0.2) is 0 Å². The van der Waals surface area contributed by atoms with Crippen molar-refractivity contribution in [2.24, 2.45) is 5.41 Å². The third-order valence-corrected chi connectivity index (χ3v) is 4.01. The van der Waals surface area contributed by atoms with Gasteiger partial charge in [0.1, 0.15) is 0 Å². The lowest BCUT2D eigenvalue weighted by atomic mass is 9.59. The van der Waals surface area contributed by atoms with Gasteiger partial charge in [-0.3, -0.25) is 4.79 Å². The molecule has 64 valence electrons. The van der Waals surface area contributed by atoms with E-state index in [4.69, 9.17) is 0 Å². The van der Waals surface area contributed by atoms with E-state index in [-0.39, 0.29) is 11.0 Å². The number of hydrogen-bond donors (Lipinski definition) is 1. The van der Waals surface area contributed by atoms with E-state index in [1.165, 1.54) is 12.8 Å². The first-order valence-electron chi connectivity index (χ1n) is 4.77. The van der Waals surface area contributed by atoms with Gasteiger partial charge in [0.25, 0.3) is 0 Å². The highest BCUT2D eigenvalue weighted by molar-refractivity contribution is 5.93. The molecule has 0 unspecified atom stereocenters. The summed E-state index contributed by atoms with van der Waals surface area (Å²) in [5.74, 6) is 0.310. The molecule has 0 spiro atoms. The third-order valence-electron chi connectivity index (χ3n) is 4.01. The highest BCUT2D eigenvalue weighted by Gasteiger charge is 2.67. The maximum atomic E-state index is 11.5. The summed E-state index contributed by atoms with van der Waals surface area (Å²) in [6.07, 6.45) is 10.00. The summed E-state index contributed by atoms with van der Waals surface area (Å²) < 4.78 is 0. The lowest BCUT2D eigenvalue weighted by Gasteiger charge is -2.56. The van der Waals surface area contributed by atoms with E-state index < -0.39 is 0 Å². The van der Waals surface area contributed by atoms with Gasteiger partial charge in [-0.15, -0.1) is 0 Å². The summed E-state index contributed by atoms with van der Waals surface area (Å²) in [5.41, 5.74) is 0.223. The molecule has 0 aromatic heterocycles. The minimum atomic E-state index is 0.0295. The number of nitrogens with one attached hydrogen (secondary N) is 1. The van der Waals surface area contributed by atoms with E-state index in [2.05, 4.69) is 17.5 Å². The van der Waals surface area contributed by atoms with Crippen molar-refractivity contribution in [2.75, 3.05) is 0 Å². The van der Waals surface area contributed by atoms with E-state index in [1.54, 1.807) is 0 Å². The Balaban J connectivity index is 2.10. The molecule has 3 rings (SSSR count). The lowest BCUT2D eigenvalue weighted by molar-refractivity contribution is -0.153. The normalized spacial score (nSPS) is 49.2. The third kappa shape index (κ3) is 0.473. The van der Waals surface area contributed by atoms with Crippen molar-refractivity contribution in [3.8, 4) is 0 Å². The highest BCUT2D eigenvalue weighted by Crippen LogP contribution is 2.58. The molecule has 1 amide bonds. The Morgan fingerprint density at radius 1 is 1.25 bits per heavy atom. The molecule has 1 saturated heterocycles. The van der Waals surface area contributed by atoms with Gasteiger partial charge in [0.15, 0.2) is 0 Å². The van der Waals surface area contributed by atoms with E-state index in [0.717, 1.165) is 19.3 Å². The number of amides is 1.